The van der Waals surface area contributed by atoms with Gasteiger partial charge in [-0.15, -0.1) is 0 Å². The normalized spacial score (nSPS) is 16.9. The van der Waals surface area contributed by atoms with E-state index in [4.69, 9.17) is 18.1 Å². The fourth-order valence-electron chi connectivity index (χ4n) is 1.94. The van der Waals surface area contributed by atoms with Crippen LogP contribution in [0.25, 0.3) is 0 Å². The largest absolute Gasteiger partial charge is 0.488 e. The monoisotopic (exact) mass is 626 g/mol. The van der Waals surface area contributed by atoms with E-state index in [9.17, 15) is 32.6 Å². The van der Waals surface area contributed by atoms with Gasteiger partial charge in [0.1, 0.15) is 0 Å². The van der Waals surface area contributed by atoms with Crippen molar-refractivity contribution < 1.29 is 67.9 Å². The van der Waals surface area contributed by atoms with Gasteiger partial charge in [-0.25, -0.2) is 26.9 Å². The van der Waals surface area contributed by atoms with E-state index >= 15 is 0 Å². The highest BCUT2D eigenvalue weighted by atomic mass is 31.3. The Bertz CT molecular complexity index is 730. The maximum absolute atomic E-state index is 12.7. The maximum Gasteiger partial charge on any atom is 0.488 e. The number of hydrogen-bond acceptors (Lipinski definition) is 13. The Labute approximate surface area is 213 Å². The maximum atomic E-state index is 12.7. The summed E-state index contributed by atoms with van der Waals surface area (Å²) in [5.74, 6) is 0. The molecule has 0 aromatic heterocycles. The van der Waals surface area contributed by atoms with Crippen molar-refractivity contribution in [2.45, 2.75) is 79.1 Å². The lowest BCUT2D eigenvalue weighted by molar-refractivity contribution is 0.136. The second kappa shape index (κ2) is 18.9. The first kappa shape index (κ1) is 36.8. The van der Waals surface area contributed by atoms with Crippen molar-refractivity contribution in [1.29, 1.82) is 0 Å². The van der Waals surface area contributed by atoms with Crippen LogP contribution in [-0.2, 0) is 58.2 Å². The molecule has 0 amide bonds. The molecular formula is C16H39O15P5. The Hall–Kier alpha value is 0.750. The first-order chi connectivity index (χ1) is 16.8. The van der Waals surface area contributed by atoms with Crippen LogP contribution < -0.4 is 0 Å². The van der Waals surface area contributed by atoms with Crippen LogP contribution in [0.15, 0.2) is 0 Å². The first-order valence-corrected chi connectivity index (χ1v) is 18.7. The van der Waals surface area contributed by atoms with Gasteiger partial charge in [-0.3, -0.25) is 22.7 Å². The van der Waals surface area contributed by atoms with Crippen molar-refractivity contribution in [3.63, 3.8) is 0 Å². The molecule has 0 aliphatic rings. The molecule has 0 saturated carbocycles. The first-order valence-electron chi connectivity index (χ1n) is 11.6. The Morgan fingerprint density at radius 1 is 0.556 bits per heavy atom. The molecule has 2 unspecified atom stereocenters. The molecule has 0 aliphatic carbocycles. The molecule has 0 heterocycles. The third-order valence-electron chi connectivity index (χ3n) is 3.78. The van der Waals surface area contributed by atoms with E-state index in [1.165, 1.54) is 0 Å². The molecule has 20 heteroatoms. The fourth-order valence-corrected chi connectivity index (χ4v) is 9.09. The van der Waals surface area contributed by atoms with Crippen LogP contribution in [0.5, 0.6) is 0 Å². The fraction of sp³-hybridized carbons (Fsp3) is 1.00. The van der Waals surface area contributed by atoms with Crippen LogP contribution in [0.2, 0.25) is 0 Å². The number of phosphoric ester groups is 2. The second-order valence-electron chi connectivity index (χ2n) is 7.17. The van der Waals surface area contributed by atoms with Gasteiger partial charge >= 0.3 is 39.5 Å². The van der Waals surface area contributed by atoms with E-state index in [0.29, 0.717) is 51.4 Å². The number of phosphoric acid groups is 4. The van der Waals surface area contributed by atoms with E-state index in [1.54, 1.807) is 0 Å². The molecule has 0 aliphatic heterocycles. The third kappa shape index (κ3) is 18.1. The number of unbranched alkanes of at least 4 members (excludes halogenated alkanes) is 4. The molecule has 0 radical (unpaired) electrons. The Morgan fingerprint density at radius 2 is 0.806 bits per heavy atom. The summed E-state index contributed by atoms with van der Waals surface area (Å²) >= 11 is 0. The summed E-state index contributed by atoms with van der Waals surface area (Å²) in [4.78, 5) is 19.7. The minimum Gasteiger partial charge on any atom is -0.302 e. The number of hydrogen-bond donors (Lipinski definition) is 2. The van der Waals surface area contributed by atoms with Gasteiger partial charge in [0, 0.05) is 0 Å². The molecule has 0 fully saturated rings. The van der Waals surface area contributed by atoms with Crippen molar-refractivity contribution in [2.75, 3.05) is 26.4 Å². The second-order valence-corrected chi connectivity index (χ2v) is 15.1. The van der Waals surface area contributed by atoms with Gasteiger partial charge in [0.05, 0.1) is 26.4 Å². The molecule has 0 saturated heterocycles. The Balaban J connectivity index is 5.26. The lowest BCUT2D eigenvalue weighted by atomic mass is 10.4. The number of rotatable bonds is 24. The van der Waals surface area contributed by atoms with Crippen LogP contribution >= 0.6 is 39.5 Å². The highest BCUT2D eigenvalue weighted by Crippen LogP contribution is 2.70. The SMILES string of the molecule is CCCCOP(=O)(OCCCC)OP(=O)(O)O[PH](=O)OP(=O)(O)OP(=O)(OCCCC)OCCCC. The van der Waals surface area contributed by atoms with Crippen LogP contribution in [0, 0.1) is 0 Å². The minimum atomic E-state index is -5.47. The molecule has 15 nitrogen and oxygen atoms in total. The Morgan fingerprint density at radius 3 is 1.03 bits per heavy atom. The topological polar surface area (TPSA) is 200 Å². The molecule has 2 N–H and O–H groups in total. The molecule has 0 spiro atoms. The van der Waals surface area contributed by atoms with Gasteiger partial charge in [0.2, 0.25) is 0 Å². The van der Waals surface area contributed by atoms with Gasteiger partial charge in [-0.05, 0) is 25.7 Å². The highest BCUT2D eigenvalue weighted by molar-refractivity contribution is 7.68. The molecular weight excluding hydrogens is 587 g/mol. The molecule has 218 valence electrons. The van der Waals surface area contributed by atoms with Crippen molar-refractivity contribution in [3.05, 3.63) is 0 Å². The molecule has 0 rings (SSSR count). The van der Waals surface area contributed by atoms with Gasteiger partial charge in [-0.2, -0.15) is 8.62 Å². The van der Waals surface area contributed by atoms with Crippen molar-refractivity contribution in [1.82, 2.24) is 0 Å². The molecule has 0 aromatic carbocycles. The molecule has 0 bridgehead atoms. The highest BCUT2D eigenvalue weighted by Gasteiger charge is 2.43. The van der Waals surface area contributed by atoms with Crippen LogP contribution in [0.1, 0.15) is 79.1 Å². The van der Waals surface area contributed by atoms with Crippen LogP contribution in [0.4, 0.5) is 0 Å². The lowest BCUT2D eigenvalue weighted by Crippen LogP contribution is -2.03. The standard InChI is InChI=1S/C16H39O15P5/c1-5-9-13-24-35(22,25-14-10-6-2)30-33(18,19)28-32(17)29-34(20,21)31-36(23,26-15-11-7-3)27-16-12-8-4/h32H,5-16H2,1-4H3,(H,18,19)(H,20,21). The zero-order valence-corrected chi connectivity index (χ0v) is 25.6. The summed E-state index contributed by atoms with van der Waals surface area (Å²) in [5.41, 5.74) is 0. The van der Waals surface area contributed by atoms with Crippen LogP contribution in [-0.4, -0.2) is 36.2 Å². The summed E-state index contributed by atoms with van der Waals surface area (Å²) in [6.45, 7) is 6.69. The van der Waals surface area contributed by atoms with Gasteiger partial charge < -0.3 is 9.79 Å². The van der Waals surface area contributed by atoms with Crippen molar-refractivity contribution in [3.8, 4) is 0 Å². The van der Waals surface area contributed by atoms with Gasteiger partial charge in [-0.1, -0.05) is 53.4 Å². The summed E-state index contributed by atoms with van der Waals surface area (Å²) in [5, 5.41) is 0. The van der Waals surface area contributed by atoms with Crippen molar-refractivity contribution >= 4 is 39.5 Å². The lowest BCUT2D eigenvalue weighted by Gasteiger charge is -2.21. The van der Waals surface area contributed by atoms with Gasteiger partial charge in [0.25, 0.3) is 0 Å². The summed E-state index contributed by atoms with van der Waals surface area (Å²) in [7, 11) is -24.6. The zero-order chi connectivity index (χ0) is 27.7. The average Bonchev–Trinajstić information content (AvgIpc) is 2.72. The van der Waals surface area contributed by atoms with E-state index in [0.717, 1.165) is 0 Å². The van der Waals surface area contributed by atoms with E-state index in [-0.39, 0.29) is 26.4 Å². The van der Waals surface area contributed by atoms with Crippen LogP contribution in [0.3, 0.4) is 0 Å². The summed E-state index contributed by atoms with van der Waals surface area (Å²) in [6.07, 6.45) is 4.26. The summed E-state index contributed by atoms with van der Waals surface area (Å²) < 4.78 is 99.0. The third-order valence-corrected chi connectivity index (χ3v) is 12.1. The van der Waals surface area contributed by atoms with E-state index in [2.05, 4.69) is 17.2 Å². The predicted molar refractivity (Wildman–Crippen MR) is 132 cm³/mol. The quantitative estimate of drug-likeness (QED) is 0.0809. The van der Waals surface area contributed by atoms with Gasteiger partial charge in [0.15, 0.2) is 0 Å². The van der Waals surface area contributed by atoms with Crippen molar-refractivity contribution in [2.24, 2.45) is 0 Å². The van der Waals surface area contributed by atoms with E-state index in [1.807, 2.05) is 27.7 Å². The minimum absolute atomic E-state index is 0.142. The molecule has 2 atom stereocenters. The average molecular weight is 626 g/mol. The zero-order valence-electron chi connectivity index (χ0n) is 21.0. The smallest absolute Gasteiger partial charge is 0.302 e. The summed E-state index contributed by atoms with van der Waals surface area (Å²) in [6, 6.07) is 0. The predicted octanol–water partition coefficient (Wildman–Crippen LogP) is 7.13. The molecule has 0 aromatic rings. The molecule has 36 heavy (non-hydrogen) atoms. The Kier molecular flexibility index (Phi) is 19.3. The van der Waals surface area contributed by atoms with E-state index < -0.39 is 39.5 Å².